The topological polar surface area (TPSA) is 46.5 Å². The number of unbranched alkanes of at least 4 members (excludes halogenated alkanes) is 1. The first kappa shape index (κ1) is 17.5. The van der Waals surface area contributed by atoms with E-state index in [1.165, 1.54) is 6.07 Å². The van der Waals surface area contributed by atoms with E-state index in [1.807, 2.05) is 0 Å². The fourth-order valence-electron chi connectivity index (χ4n) is 1.82. The summed E-state index contributed by atoms with van der Waals surface area (Å²) in [5.41, 5.74) is 0.239. The van der Waals surface area contributed by atoms with Gasteiger partial charge in [-0.1, -0.05) is 52.7 Å². The maximum Gasteiger partial charge on any atom is 0.341 e. The number of carbonyl (C=O) groups excluding carboxylic acids is 1. The number of rotatable bonds is 7. The summed E-state index contributed by atoms with van der Waals surface area (Å²) in [4.78, 5) is 11.8. The van der Waals surface area contributed by atoms with Crippen LogP contribution in [0.4, 0.5) is 0 Å². The molecule has 0 fully saturated rings. The van der Waals surface area contributed by atoms with E-state index in [2.05, 4.69) is 13.8 Å². The predicted molar refractivity (Wildman–Crippen MR) is 78.4 cm³/mol. The smallest absolute Gasteiger partial charge is 0.341 e. The Morgan fingerprint density at radius 2 is 2.00 bits per heavy atom. The highest BCUT2D eigenvalue weighted by Crippen LogP contribution is 2.18. The number of phenols is 1. The first-order valence-electron chi connectivity index (χ1n) is 6.64. The Hall–Kier alpha value is -1.51. The molecule has 0 radical (unpaired) electrons. The summed E-state index contributed by atoms with van der Waals surface area (Å²) < 4.78 is 5.26. The molecule has 108 valence electrons. The highest BCUT2D eigenvalue weighted by atomic mass is 16.5. The van der Waals surface area contributed by atoms with Crippen LogP contribution in [0, 0.1) is 5.92 Å². The first-order valence-corrected chi connectivity index (χ1v) is 6.64. The summed E-state index contributed by atoms with van der Waals surface area (Å²) in [7, 11) is 0. The van der Waals surface area contributed by atoms with Crippen LogP contribution in [-0.2, 0) is 4.74 Å². The van der Waals surface area contributed by atoms with Crippen molar-refractivity contribution in [2.24, 2.45) is 5.92 Å². The van der Waals surface area contributed by atoms with Crippen molar-refractivity contribution in [2.45, 2.75) is 47.0 Å². The van der Waals surface area contributed by atoms with Crippen molar-refractivity contribution in [2.75, 3.05) is 6.61 Å². The molecule has 1 rings (SSSR count). The highest BCUT2D eigenvalue weighted by molar-refractivity contribution is 5.92. The van der Waals surface area contributed by atoms with E-state index >= 15 is 0 Å². The Labute approximate surface area is 116 Å². The van der Waals surface area contributed by atoms with E-state index in [9.17, 15) is 9.90 Å². The number of esters is 1. The van der Waals surface area contributed by atoms with Crippen LogP contribution in [0.15, 0.2) is 24.3 Å². The lowest BCUT2D eigenvalue weighted by molar-refractivity contribution is 0.0425. The van der Waals surface area contributed by atoms with Crippen LogP contribution in [0.1, 0.15) is 57.3 Å². The SMILES string of the molecule is C.CCCCC(CC)COC(=O)c1ccccc1O. The number of ether oxygens (including phenoxy) is 1. The molecule has 0 bridgehead atoms. The van der Waals surface area contributed by atoms with Crippen LogP contribution in [0.3, 0.4) is 0 Å². The molecule has 1 N–H and O–H groups in total. The average molecular weight is 266 g/mol. The molecule has 0 saturated heterocycles. The van der Waals surface area contributed by atoms with Gasteiger partial charge < -0.3 is 9.84 Å². The van der Waals surface area contributed by atoms with Gasteiger partial charge in [0, 0.05) is 0 Å². The van der Waals surface area contributed by atoms with Gasteiger partial charge in [0.05, 0.1) is 6.61 Å². The molecular weight excluding hydrogens is 240 g/mol. The van der Waals surface area contributed by atoms with E-state index < -0.39 is 5.97 Å². The molecule has 0 aromatic heterocycles. The molecule has 3 nitrogen and oxygen atoms in total. The highest BCUT2D eigenvalue weighted by Gasteiger charge is 2.14. The third-order valence-corrected chi connectivity index (χ3v) is 3.12. The Morgan fingerprint density at radius 3 is 2.58 bits per heavy atom. The number of hydrogen-bond donors (Lipinski definition) is 1. The lowest BCUT2D eigenvalue weighted by atomic mass is 10.0. The van der Waals surface area contributed by atoms with Gasteiger partial charge in [0.15, 0.2) is 0 Å². The van der Waals surface area contributed by atoms with Crippen LogP contribution in [0.5, 0.6) is 5.75 Å². The molecule has 0 heterocycles. The summed E-state index contributed by atoms with van der Waals surface area (Å²) >= 11 is 0. The standard InChI is InChI=1S/C15H22O3.CH4/c1-3-5-8-12(4-2)11-18-15(17)13-9-6-7-10-14(13)16;/h6-7,9-10,12,16H,3-5,8,11H2,1-2H3;1H4. The van der Waals surface area contributed by atoms with E-state index in [-0.39, 0.29) is 18.7 Å². The van der Waals surface area contributed by atoms with Gasteiger partial charge >= 0.3 is 5.97 Å². The third kappa shape index (κ3) is 5.77. The van der Waals surface area contributed by atoms with Gasteiger partial charge in [0.2, 0.25) is 0 Å². The monoisotopic (exact) mass is 266 g/mol. The molecule has 0 saturated carbocycles. The van der Waals surface area contributed by atoms with Crippen LogP contribution >= 0.6 is 0 Å². The molecule has 1 aromatic rings. The maximum atomic E-state index is 11.8. The maximum absolute atomic E-state index is 11.8. The van der Waals surface area contributed by atoms with Crippen molar-refractivity contribution in [1.82, 2.24) is 0 Å². The average Bonchev–Trinajstić information content (AvgIpc) is 2.39. The van der Waals surface area contributed by atoms with Gasteiger partial charge in [-0.2, -0.15) is 0 Å². The molecule has 0 aliphatic rings. The zero-order chi connectivity index (χ0) is 13.4. The predicted octanol–water partition coefficient (Wildman–Crippen LogP) is 4.40. The second-order valence-electron chi connectivity index (χ2n) is 4.53. The largest absolute Gasteiger partial charge is 0.507 e. The second-order valence-corrected chi connectivity index (χ2v) is 4.53. The number of benzene rings is 1. The molecule has 0 aliphatic carbocycles. The van der Waals surface area contributed by atoms with Gasteiger partial charge in [-0.3, -0.25) is 0 Å². The Morgan fingerprint density at radius 1 is 1.32 bits per heavy atom. The third-order valence-electron chi connectivity index (χ3n) is 3.12. The summed E-state index contributed by atoms with van der Waals surface area (Å²) in [6, 6.07) is 6.46. The molecule has 3 heteroatoms. The minimum atomic E-state index is -0.442. The van der Waals surface area contributed by atoms with E-state index in [4.69, 9.17) is 4.74 Å². The minimum absolute atomic E-state index is 0. The van der Waals surface area contributed by atoms with Crippen LogP contribution < -0.4 is 0 Å². The Bertz CT molecular complexity index is 374. The van der Waals surface area contributed by atoms with Crippen LogP contribution in [0.2, 0.25) is 0 Å². The molecule has 0 amide bonds. The molecular formula is C16H26O3. The van der Waals surface area contributed by atoms with E-state index in [0.717, 1.165) is 25.7 Å². The van der Waals surface area contributed by atoms with Gasteiger partial charge in [0.1, 0.15) is 11.3 Å². The zero-order valence-corrected chi connectivity index (χ0v) is 11.2. The fraction of sp³-hybridized carbons (Fsp3) is 0.562. The van der Waals surface area contributed by atoms with Gasteiger partial charge in [0.25, 0.3) is 0 Å². The lowest BCUT2D eigenvalue weighted by Crippen LogP contribution is -2.14. The molecule has 1 aromatic carbocycles. The van der Waals surface area contributed by atoms with E-state index in [0.29, 0.717) is 12.5 Å². The van der Waals surface area contributed by atoms with Crippen molar-refractivity contribution in [3.8, 4) is 5.75 Å². The van der Waals surface area contributed by atoms with Crippen molar-refractivity contribution < 1.29 is 14.6 Å². The summed E-state index contributed by atoms with van der Waals surface area (Å²) in [5, 5.41) is 9.54. The summed E-state index contributed by atoms with van der Waals surface area (Å²) in [6.07, 6.45) is 4.41. The summed E-state index contributed by atoms with van der Waals surface area (Å²) in [5.74, 6) is -0.0492. The number of carbonyl (C=O) groups is 1. The van der Waals surface area contributed by atoms with Crippen molar-refractivity contribution in [1.29, 1.82) is 0 Å². The molecule has 0 aliphatic heterocycles. The Balaban J connectivity index is 0.00000324. The molecule has 1 atom stereocenters. The minimum Gasteiger partial charge on any atom is -0.507 e. The van der Waals surface area contributed by atoms with Gasteiger partial charge in [-0.05, 0) is 24.5 Å². The molecule has 19 heavy (non-hydrogen) atoms. The number of para-hydroxylation sites is 1. The van der Waals surface area contributed by atoms with E-state index in [1.54, 1.807) is 18.2 Å². The second kappa shape index (κ2) is 9.42. The van der Waals surface area contributed by atoms with Crippen LogP contribution in [0.25, 0.3) is 0 Å². The number of hydrogen-bond acceptors (Lipinski definition) is 3. The number of phenolic OH excluding ortho intramolecular Hbond substituents is 1. The quantitative estimate of drug-likeness (QED) is 0.744. The summed E-state index contributed by atoms with van der Waals surface area (Å²) in [6.45, 7) is 4.69. The molecule has 1 unspecified atom stereocenters. The van der Waals surface area contributed by atoms with Crippen LogP contribution in [-0.4, -0.2) is 17.7 Å². The van der Waals surface area contributed by atoms with Gasteiger partial charge in [-0.15, -0.1) is 0 Å². The first-order chi connectivity index (χ1) is 8.69. The van der Waals surface area contributed by atoms with Crippen molar-refractivity contribution in [3.63, 3.8) is 0 Å². The van der Waals surface area contributed by atoms with Crippen molar-refractivity contribution in [3.05, 3.63) is 29.8 Å². The lowest BCUT2D eigenvalue weighted by Gasteiger charge is -2.14. The molecule has 0 spiro atoms. The zero-order valence-electron chi connectivity index (χ0n) is 11.2. The normalized spacial score (nSPS) is 11.5. The Kier molecular flexibility index (Phi) is 8.68. The number of aromatic hydroxyl groups is 1. The van der Waals surface area contributed by atoms with Gasteiger partial charge in [-0.25, -0.2) is 4.79 Å². The fourth-order valence-corrected chi connectivity index (χ4v) is 1.82. The van der Waals surface area contributed by atoms with Crippen molar-refractivity contribution >= 4 is 5.97 Å².